The maximum Gasteiger partial charge on any atom is 0.248 e. The molecule has 1 fully saturated rings. The van der Waals surface area contributed by atoms with E-state index in [4.69, 9.17) is 4.74 Å². The van der Waals surface area contributed by atoms with E-state index in [0.29, 0.717) is 6.61 Å². The molecular formula is C17H25N3O2. The molecule has 5 nitrogen and oxygen atoms in total. The van der Waals surface area contributed by atoms with Gasteiger partial charge in [-0.15, -0.1) is 0 Å². The van der Waals surface area contributed by atoms with Crippen LogP contribution in [0.2, 0.25) is 0 Å². The topological polar surface area (TPSA) is 45.7 Å². The smallest absolute Gasteiger partial charge is 0.248 e. The highest BCUT2D eigenvalue weighted by Crippen LogP contribution is 2.22. The predicted molar refractivity (Wildman–Crippen MR) is 84.4 cm³/mol. The third-order valence-corrected chi connectivity index (χ3v) is 4.70. The summed E-state index contributed by atoms with van der Waals surface area (Å²) in [6.45, 7) is 7.77. The Labute approximate surface area is 132 Å². The SMILES string of the molecule is CCN1CCc2c(COCC(=O)N3CCCC3)cncc2C1. The molecule has 0 radical (unpaired) electrons. The highest BCUT2D eigenvalue weighted by Gasteiger charge is 2.20. The first-order valence-electron chi connectivity index (χ1n) is 8.30. The second kappa shape index (κ2) is 7.20. The van der Waals surface area contributed by atoms with Crippen LogP contribution in [-0.2, 0) is 29.1 Å². The van der Waals surface area contributed by atoms with Crippen LogP contribution in [0.15, 0.2) is 12.4 Å². The van der Waals surface area contributed by atoms with E-state index in [1.54, 1.807) is 0 Å². The van der Waals surface area contributed by atoms with Crippen molar-refractivity contribution < 1.29 is 9.53 Å². The number of pyridine rings is 1. The Hall–Kier alpha value is -1.46. The van der Waals surface area contributed by atoms with Crippen molar-refractivity contribution >= 4 is 5.91 Å². The number of carbonyl (C=O) groups is 1. The fourth-order valence-electron chi connectivity index (χ4n) is 3.33. The number of likely N-dealkylation sites (N-methyl/N-ethyl adjacent to an activating group) is 1. The molecule has 3 rings (SSSR count). The minimum Gasteiger partial charge on any atom is -0.367 e. The summed E-state index contributed by atoms with van der Waals surface area (Å²) >= 11 is 0. The molecule has 0 spiro atoms. The van der Waals surface area contributed by atoms with Crippen molar-refractivity contribution in [2.24, 2.45) is 0 Å². The summed E-state index contributed by atoms with van der Waals surface area (Å²) in [6.07, 6.45) is 7.15. The Morgan fingerprint density at radius 2 is 2.09 bits per heavy atom. The van der Waals surface area contributed by atoms with Gasteiger partial charge in [0.05, 0.1) is 6.61 Å². The largest absolute Gasteiger partial charge is 0.367 e. The second-order valence-corrected chi connectivity index (χ2v) is 6.14. The average molecular weight is 303 g/mol. The van der Waals surface area contributed by atoms with E-state index < -0.39 is 0 Å². The normalized spacial score (nSPS) is 18.5. The van der Waals surface area contributed by atoms with Gasteiger partial charge in [0.25, 0.3) is 0 Å². The van der Waals surface area contributed by atoms with Crippen LogP contribution in [0.1, 0.15) is 36.5 Å². The lowest BCUT2D eigenvalue weighted by Crippen LogP contribution is -2.32. The molecule has 0 unspecified atom stereocenters. The molecule has 0 aliphatic carbocycles. The van der Waals surface area contributed by atoms with E-state index in [9.17, 15) is 4.79 Å². The fourth-order valence-corrected chi connectivity index (χ4v) is 3.33. The standard InChI is InChI=1S/C17H25N3O2/c1-2-19-8-5-16-14(11-19)9-18-10-15(16)12-22-13-17(21)20-6-3-4-7-20/h9-10H,2-8,11-13H2,1H3. The van der Waals surface area contributed by atoms with Gasteiger partial charge in [-0.2, -0.15) is 0 Å². The van der Waals surface area contributed by atoms with Crippen LogP contribution in [0, 0.1) is 0 Å². The third-order valence-electron chi connectivity index (χ3n) is 4.70. The van der Waals surface area contributed by atoms with Gasteiger partial charge in [-0.3, -0.25) is 14.7 Å². The van der Waals surface area contributed by atoms with Gasteiger partial charge >= 0.3 is 0 Å². The maximum absolute atomic E-state index is 12.0. The Balaban J connectivity index is 1.56. The summed E-state index contributed by atoms with van der Waals surface area (Å²) in [5, 5.41) is 0. The molecule has 1 amide bonds. The Morgan fingerprint density at radius 1 is 1.27 bits per heavy atom. The van der Waals surface area contributed by atoms with Crippen LogP contribution in [0.4, 0.5) is 0 Å². The van der Waals surface area contributed by atoms with Crippen LogP contribution in [-0.4, -0.2) is 53.5 Å². The van der Waals surface area contributed by atoms with Crippen LogP contribution >= 0.6 is 0 Å². The number of hydrogen-bond acceptors (Lipinski definition) is 4. The summed E-state index contributed by atoms with van der Waals surface area (Å²) in [7, 11) is 0. The first kappa shape index (κ1) is 15.4. The van der Waals surface area contributed by atoms with E-state index in [1.165, 1.54) is 11.1 Å². The van der Waals surface area contributed by atoms with E-state index in [0.717, 1.165) is 57.5 Å². The summed E-state index contributed by atoms with van der Waals surface area (Å²) in [6, 6.07) is 0. The number of amides is 1. The molecule has 1 aromatic heterocycles. The number of rotatable bonds is 5. The molecule has 3 heterocycles. The second-order valence-electron chi connectivity index (χ2n) is 6.14. The summed E-state index contributed by atoms with van der Waals surface area (Å²) < 4.78 is 5.67. The van der Waals surface area contributed by atoms with Crippen molar-refractivity contribution in [3.05, 3.63) is 29.1 Å². The maximum atomic E-state index is 12.0. The summed E-state index contributed by atoms with van der Waals surface area (Å²) in [4.78, 5) is 20.6. The van der Waals surface area contributed by atoms with Gasteiger partial charge < -0.3 is 9.64 Å². The molecule has 0 atom stereocenters. The van der Waals surface area contributed by atoms with Gasteiger partial charge in [-0.05, 0) is 42.5 Å². The quantitative estimate of drug-likeness (QED) is 0.829. The number of ether oxygens (including phenoxy) is 1. The Morgan fingerprint density at radius 3 is 2.86 bits per heavy atom. The lowest BCUT2D eigenvalue weighted by molar-refractivity contribution is -0.135. The number of fused-ring (bicyclic) bond motifs is 1. The number of nitrogens with zero attached hydrogens (tertiary/aromatic N) is 3. The van der Waals surface area contributed by atoms with Crippen LogP contribution in [0.25, 0.3) is 0 Å². The lowest BCUT2D eigenvalue weighted by atomic mass is 9.97. The summed E-state index contributed by atoms with van der Waals surface area (Å²) in [5.74, 6) is 0.118. The van der Waals surface area contributed by atoms with E-state index in [-0.39, 0.29) is 12.5 Å². The highest BCUT2D eigenvalue weighted by molar-refractivity contribution is 5.77. The molecular weight excluding hydrogens is 278 g/mol. The molecule has 1 aromatic rings. The van der Waals surface area contributed by atoms with Gasteiger partial charge in [0.15, 0.2) is 0 Å². The minimum atomic E-state index is 0.118. The van der Waals surface area contributed by atoms with Crippen molar-refractivity contribution in [1.29, 1.82) is 0 Å². The fraction of sp³-hybridized carbons (Fsp3) is 0.647. The van der Waals surface area contributed by atoms with Gasteiger partial charge in [-0.25, -0.2) is 0 Å². The Bertz CT molecular complexity index is 527. The monoisotopic (exact) mass is 303 g/mol. The average Bonchev–Trinajstić information content (AvgIpc) is 3.09. The van der Waals surface area contributed by atoms with Crippen LogP contribution < -0.4 is 0 Å². The van der Waals surface area contributed by atoms with Gasteiger partial charge in [0.1, 0.15) is 6.61 Å². The van der Waals surface area contributed by atoms with E-state index in [2.05, 4.69) is 16.8 Å². The van der Waals surface area contributed by atoms with Crippen molar-refractivity contribution in [3.63, 3.8) is 0 Å². The van der Waals surface area contributed by atoms with E-state index in [1.807, 2.05) is 17.3 Å². The number of carbonyl (C=O) groups excluding carboxylic acids is 1. The zero-order valence-electron chi connectivity index (χ0n) is 13.4. The molecule has 0 N–H and O–H groups in total. The molecule has 22 heavy (non-hydrogen) atoms. The van der Waals surface area contributed by atoms with Gasteiger partial charge in [0.2, 0.25) is 5.91 Å². The molecule has 0 aromatic carbocycles. The molecule has 120 valence electrons. The van der Waals surface area contributed by atoms with Crippen molar-refractivity contribution in [3.8, 4) is 0 Å². The first-order chi connectivity index (χ1) is 10.8. The lowest BCUT2D eigenvalue weighted by Gasteiger charge is -2.28. The number of likely N-dealkylation sites (tertiary alicyclic amines) is 1. The minimum absolute atomic E-state index is 0.118. The number of aromatic nitrogens is 1. The van der Waals surface area contributed by atoms with Crippen LogP contribution in [0.3, 0.4) is 0 Å². The molecule has 2 aliphatic heterocycles. The van der Waals surface area contributed by atoms with Crippen LogP contribution in [0.5, 0.6) is 0 Å². The third kappa shape index (κ3) is 3.47. The number of hydrogen-bond donors (Lipinski definition) is 0. The van der Waals surface area contributed by atoms with Crippen molar-refractivity contribution in [2.75, 3.05) is 32.8 Å². The Kier molecular flexibility index (Phi) is 5.05. The molecule has 2 aliphatic rings. The van der Waals surface area contributed by atoms with Gasteiger partial charge in [0, 0.05) is 38.6 Å². The molecule has 0 saturated carbocycles. The zero-order chi connectivity index (χ0) is 15.4. The van der Waals surface area contributed by atoms with E-state index >= 15 is 0 Å². The van der Waals surface area contributed by atoms with Gasteiger partial charge in [-0.1, -0.05) is 6.92 Å². The molecule has 0 bridgehead atoms. The van der Waals surface area contributed by atoms with Crippen molar-refractivity contribution in [1.82, 2.24) is 14.8 Å². The molecule has 5 heteroatoms. The molecule has 1 saturated heterocycles. The first-order valence-corrected chi connectivity index (χ1v) is 8.30. The van der Waals surface area contributed by atoms with Crippen molar-refractivity contribution in [2.45, 2.75) is 39.3 Å². The predicted octanol–water partition coefficient (Wildman–Crippen LogP) is 1.60. The zero-order valence-corrected chi connectivity index (χ0v) is 13.4. The summed E-state index contributed by atoms with van der Waals surface area (Å²) in [5.41, 5.74) is 3.82. The highest BCUT2D eigenvalue weighted by atomic mass is 16.5.